The number of amides is 2. The summed E-state index contributed by atoms with van der Waals surface area (Å²) in [5.74, 6) is 0.426. The van der Waals surface area contributed by atoms with Gasteiger partial charge in [-0.15, -0.1) is 0 Å². The van der Waals surface area contributed by atoms with Crippen molar-refractivity contribution in [1.29, 1.82) is 0 Å². The van der Waals surface area contributed by atoms with E-state index in [4.69, 9.17) is 14.2 Å². The van der Waals surface area contributed by atoms with Crippen LogP contribution in [0.1, 0.15) is 36.8 Å². The Morgan fingerprint density at radius 1 is 0.977 bits per heavy atom. The lowest BCUT2D eigenvalue weighted by molar-refractivity contribution is -0.938. The van der Waals surface area contributed by atoms with Gasteiger partial charge >= 0.3 is 6.09 Å². The van der Waals surface area contributed by atoms with Crippen molar-refractivity contribution < 1.29 is 57.4 Å². The third kappa shape index (κ3) is 6.73. The number of fused-ring (bicyclic) bond motifs is 5. The molecule has 3 N–H and O–H groups in total. The summed E-state index contributed by atoms with van der Waals surface area (Å²) in [5, 5.41) is 15.4. The topological polar surface area (TPSA) is 109 Å². The van der Waals surface area contributed by atoms with E-state index < -0.39 is 6.09 Å². The van der Waals surface area contributed by atoms with Crippen LogP contribution in [-0.4, -0.2) is 73.2 Å². The average Bonchev–Trinajstić information content (AvgIpc) is 3.76. The van der Waals surface area contributed by atoms with Gasteiger partial charge in [0, 0.05) is 42.1 Å². The van der Waals surface area contributed by atoms with Gasteiger partial charge in [-0.3, -0.25) is 10.1 Å². The van der Waals surface area contributed by atoms with E-state index in [1.807, 2.05) is 48.5 Å². The van der Waals surface area contributed by atoms with E-state index in [-0.39, 0.29) is 42.6 Å². The predicted octanol–water partition coefficient (Wildman–Crippen LogP) is 2.13. The van der Waals surface area contributed by atoms with Gasteiger partial charge in [0.15, 0.2) is 0 Å². The lowest BCUT2D eigenvalue weighted by Crippen LogP contribution is -3.00. The summed E-state index contributed by atoms with van der Waals surface area (Å²) in [4.78, 5) is 25.8. The first-order valence-corrected chi connectivity index (χ1v) is 15.0. The lowest BCUT2D eigenvalue weighted by Gasteiger charge is -2.45. The fraction of sp³-hybridized carbons (Fsp3) is 0.412. The number of methoxy groups -OCH3 is 1. The van der Waals surface area contributed by atoms with Crippen LogP contribution >= 0.6 is 0 Å². The van der Waals surface area contributed by atoms with Crippen molar-refractivity contribution in [2.45, 2.75) is 69.1 Å². The maximum Gasteiger partial charge on any atom is 0.411 e. The quantitative estimate of drug-likeness (QED) is 0.169. The van der Waals surface area contributed by atoms with Crippen LogP contribution in [0.25, 0.3) is 11.1 Å². The van der Waals surface area contributed by atoms with Crippen molar-refractivity contribution in [3.05, 3.63) is 77.9 Å². The first kappa shape index (κ1) is 32.2. The highest BCUT2D eigenvalue weighted by Crippen LogP contribution is 2.51. The zero-order valence-corrected chi connectivity index (χ0v) is 27.5. The number of benzene rings is 3. The Hall–Kier alpha value is -3.19. The van der Waals surface area contributed by atoms with E-state index in [1.54, 1.807) is 18.2 Å². The molecular weight excluding hydrogens is 673 g/mol. The molecule has 3 heterocycles. The zero-order valence-electron chi connectivity index (χ0n) is 25.3. The Bertz CT molecular complexity index is 1480. The number of ether oxygens (including phenoxy) is 3. The molecule has 3 aromatic rings. The maximum atomic E-state index is 13.2. The number of carbonyl (C=O) groups excluding carboxylic acids is 2. The van der Waals surface area contributed by atoms with Crippen LogP contribution in [0.15, 0.2) is 66.7 Å². The highest BCUT2D eigenvalue weighted by Gasteiger charge is 2.70. The summed E-state index contributed by atoms with van der Waals surface area (Å²) in [6.07, 6.45) is 3.29. The van der Waals surface area contributed by atoms with Gasteiger partial charge in [0.05, 0.1) is 33.5 Å². The minimum absolute atomic E-state index is 0. The number of hydrogen-bond acceptors (Lipinski definition) is 6. The summed E-state index contributed by atoms with van der Waals surface area (Å²) < 4.78 is 18.1. The van der Waals surface area contributed by atoms with Crippen molar-refractivity contribution in [3.8, 4) is 16.9 Å². The molecule has 3 fully saturated rings. The SMILES string of the molecule is COc1cc(NC(=O)CCCc2ccc(-c3ccccc3)c(NC(=O)O[C@@H]3C[C@@H]4[C@H]5O[C@H]5[C@H](C3)[N+]4(C)C)c2)ccc1CO.[I-]. The van der Waals surface area contributed by atoms with Gasteiger partial charge in [-0.2, -0.15) is 0 Å². The lowest BCUT2D eigenvalue weighted by atomic mass is 9.96. The zero-order chi connectivity index (χ0) is 30.1. The second-order valence-corrected chi connectivity index (χ2v) is 12.3. The van der Waals surface area contributed by atoms with Crippen molar-refractivity contribution in [2.24, 2.45) is 0 Å². The number of quaternary nitrogens is 1. The number of aryl methyl sites for hydroxylation is 1. The van der Waals surface area contributed by atoms with Gasteiger partial charge in [0.25, 0.3) is 0 Å². The van der Waals surface area contributed by atoms with Crippen molar-refractivity contribution >= 4 is 23.4 Å². The van der Waals surface area contributed by atoms with E-state index in [2.05, 4.69) is 24.7 Å². The first-order valence-electron chi connectivity index (χ1n) is 15.0. The van der Waals surface area contributed by atoms with Gasteiger partial charge in [0.1, 0.15) is 36.1 Å². The third-order valence-corrected chi connectivity index (χ3v) is 9.33. The van der Waals surface area contributed by atoms with Crippen molar-refractivity contribution in [2.75, 3.05) is 31.8 Å². The highest BCUT2D eigenvalue weighted by atomic mass is 127. The number of nitrogens with one attached hydrogen (secondary N) is 2. The Kier molecular flexibility index (Phi) is 9.83. The predicted molar refractivity (Wildman–Crippen MR) is 164 cm³/mol. The van der Waals surface area contributed by atoms with Gasteiger partial charge in [0.2, 0.25) is 5.91 Å². The molecule has 0 unspecified atom stereocenters. The Balaban J connectivity index is 0.00000384. The first-order chi connectivity index (χ1) is 20.8. The molecule has 0 aromatic heterocycles. The summed E-state index contributed by atoms with van der Waals surface area (Å²) >= 11 is 0. The number of likely N-dealkylation sites (N-methyl/N-ethyl adjacent to an activating group) is 1. The van der Waals surface area contributed by atoms with E-state index in [0.29, 0.717) is 66.2 Å². The van der Waals surface area contributed by atoms with Gasteiger partial charge in [-0.25, -0.2) is 4.79 Å². The molecule has 234 valence electrons. The third-order valence-electron chi connectivity index (χ3n) is 9.33. The molecule has 2 bridgehead atoms. The molecule has 0 spiro atoms. The monoisotopic (exact) mass is 713 g/mol. The number of piperidine rings is 1. The number of aliphatic hydroxyl groups is 1. The second kappa shape index (κ2) is 13.4. The summed E-state index contributed by atoms with van der Waals surface area (Å²) in [5.41, 5.74) is 4.90. The van der Waals surface area contributed by atoms with Crippen LogP contribution in [0.5, 0.6) is 5.75 Å². The molecule has 0 aliphatic carbocycles. The van der Waals surface area contributed by atoms with Gasteiger partial charge in [-0.05, 0) is 36.1 Å². The van der Waals surface area contributed by atoms with Crippen LogP contribution in [-0.2, 0) is 27.3 Å². The molecule has 9 nitrogen and oxygen atoms in total. The van der Waals surface area contributed by atoms with Crippen LogP contribution in [0, 0.1) is 0 Å². The van der Waals surface area contributed by atoms with Crippen LogP contribution in [0.2, 0.25) is 0 Å². The normalized spacial score (nSPS) is 24.0. The number of carbonyl (C=O) groups is 2. The summed E-state index contributed by atoms with van der Waals surface area (Å²) in [6.45, 7) is -0.134. The minimum Gasteiger partial charge on any atom is -1.00 e. The molecule has 3 aliphatic heterocycles. The fourth-order valence-corrected chi connectivity index (χ4v) is 6.94. The Morgan fingerprint density at radius 2 is 1.70 bits per heavy atom. The van der Waals surface area contributed by atoms with E-state index in [0.717, 1.165) is 34.0 Å². The number of epoxide rings is 1. The number of anilines is 2. The smallest absolute Gasteiger partial charge is 0.411 e. The molecule has 44 heavy (non-hydrogen) atoms. The summed E-state index contributed by atoms with van der Waals surface area (Å²) in [7, 11) is 6.05. The molecule has 3 aromatic carbocycles. The van der Waals surface area contributed by atoms with Gasteiger partial charge < -0.3 is 53.1 Å². The van der Waals surface area contributed by atoms with E-state index >= 15 is 0 Å². The standard InChI is InChI=1S/C34H39N3O6.HI/c1-37(2)28-18-25(19-29(37)33-32(28)43-33)42-34(40)36-27-16-21(12-15-26(27)22-9-5-4-6-10-22)8-7-11-31(39)35-24-14-13-23(20-38)30(17-24)41-3;/h4-6,9-10,12-17,25,28-29,32-33,38H,7-8,11,18-20H2,1-3H3,(H-,35,36,39,40);1H/t25-,28-,29+,32-,33+;. The molecular formula is C34H40IN3O6. The minimum atomic E-state index is -0.442. The molecule has 0 saturated carbocycles. The van der Waals surface area contributed by atoms with E-state index in [1.165, 1.54) is 7.11 Å². The average molecular weight is 714 g/mol. The van der Waals surface area contributed by atoms with Crippen LogP contribution < -0.4 is 39.3 Å². The number of aliphatic hydroxyl groups excluding tert-OH is 1. The van der Waals surface area contributed by atoms with Crippen LogP contribution in [0.4, 0.5) is 16.2 Å². The molecule has 10 heteroatoms. The number of nitrogens with zero attached hydrogens (tertiary/aromatic N) is 1. The molecule has 5 atom stereocenters. The summed E-state index contributed by atoms with van der Waals surface area (Å²) in [6, 6.07) is 21.9. The largest absolute Gasteiger partial charge is 1.00 e. The van der Waals surface area contributed by atoms with Crippen molar-refractivity contribution in [1.82, 2.24) is 0 Å². The number of halogens is 1. The molecule has 3 saturated heterocycles. The fourth-order valence-electron chi connectivity index (χ4n) is 6.94. The molecule has 3 aliphatic rings. The molecule has 0 radical (unpaired) electrons. The Labute approximate surface area is 275 Å². The number of hydrogen-bond donors (Lipinski definition) is 3. The van der Waals surface area contributed by atoms with E-state index in [9.17, 15) is 14.7 Å². The molecule has 6 rings (SSSR count). The Morgan fingerprint density at radius 3 is 2.39 bits per heavy atom. The van der Waals surface area contributed by atoms with Crippen molar-refractivity contribution in [3.63, 3.8) is 0 Å². The van der Waals surface area contributed by atoms with Gasteiger partial charge in [-0.1, -0.05) is 48.5 Å². The maximum absolute atomic E-state index is 13.2. The highest BCUT2D eigenvalue weighted by molar-refractivity contribution is 5.92. The number of morpholine rings is 1. The van der Waals surface area contributed by atoms with Crippen LogP contribution in [0.3, 0.4) is 0 Å². The molecule has 2 amide bonds. The second-order valence-electron chi connectivity index (χ2n) is 12.3. The number of rotatable bonds is 10.